The zero-order valence-electron chi connectivity index (χ0n) is 13.2. The molecule has 7 heteroatoms. The van der Waals surface area contributed by atoms with Crippen molar-refractivity contribution in [2.75, 3.05) is 5.32 Å². The summed E-state index contributed by atoms with van der Waals surface area (Å²) >= 11 is 0. The third-order valence-corrected chi connectivity index (χ3v) is 3.49. The average molecular weight is 297 g/mol. The SMILES string of the molecule is Cc1nc(N[C@H](C)Cc2cnccn2)c2c(C)nn(C)c2n1. The summed E-state index contributed by atoms with van der Waals surface area (Å²) in [5, 5.41) is 8.86. The Labute approximate surface area is 128 Å². The summed E-state index contributed by atoms with van der Waals surface area (Å²) in [6.45, 7) is 5.96. The Morgan fingerprint density at radius 1 is 1.23 bits per heavy atom. The smallest absolute Gasteiger partial charge is 0.163 e. The second-order valence-corrected chi connectivity index (χ2v) is 5.47. The second kappa shape index (κ2) is 5.67. The van der Waals surface area contributed by atoms with E-state index in [1.807, 2.05) is 20.9 Å². The van der Waals surface area contributed by atoms with Crippen LogP contribution in [0.2, 0.25) is 0 Å². The molecule has 0 saturated carbocycles. The molecule has 0 spiro atoms. The third-order valence-electron chi connectivity index (χ3n) is 3.49. The van der Waals surface area contributed by atoms with E-state index in [0.29, 0.717) is 0 Å². The fourth-order valence-electron chi connectivity index (χ4n) is 2.59. The van der Waals surface area contributed by atoms with E-state index >= 15 is 0 Å². The topological polar surface area (TPSA) is 81.4 Å². The number of nitrogens with one attached hydrogen (secondary N) is 1. The van der Waals surface area contributed by atoms with Crippen molar-refractivity contribution < 1.29 is 0 Å². The van der Waals surface area contributed by atoms with Crippen molar-refractivity contribution in [1.82, 2.24) is 29.7 Å². The molecule has 0 aromatic carbocycles. The molecule has 0 saturated heterocycles. The molecule has 114 valence electrons. The first kappa shape index (κ1) is 14.4. The van der Waals surface area contributed by atoms with Gasteiger partial charge >= 0.3 is 0 Å². The summed E-state index contributed by atoms with van der Waals surface area (Å²) in [5.41, 5.74) is 2.72. The van der Waals surface area contributed by atoms with E-state index < -0.39 is 0 Å². The summed E-state index contributed by atoms with van der Waals surface area (Å²) in [6, 6.07) is 0.175. The van der Waals surface area contributed by atoms with Crippen LogP contribution in [0.3, 0.4) is 0 Å². The molecule has 0 aliphatic carbocycles. The fraction of sp³-hybridized carbons (Fsp3) is 0.400. The highest BCUT2D eigenvalue weighted by Gasteiger charge is 2.15. The lowest BCUT2D eigenvalue weighted by Crippen LogP contribution is -2.20. The van der Waals surface area contributed by atoms with Crippen LogP contribution in [0.15, 0.2) is 18.6 Å². The van der Waals surface area contributed by atoms with Crippen molar-refractivity contribution in [1.29, 1.82) is 0 Å². The van der Waals surface area contributed by atoms with Crippen LogP contribution in [0.1, 0.15) is 24.1 Å². The number of nitrogens with zero attached hydrogens (tertiary/aromatic N) is 6. The minimum absolute atomic E-state index is 0.175. The van der Waals surface area contributed by atoms with Crippen molar-refractivity contribution in [2.24, 2.45) is 7.05 Å². The van der Waals surface area contributed by atoms with Crippen molar-refractivity contribution >= 4 is 16.9 Å². The predicted octanol–water partition coefficient (Wildman–Crippen LogP) is 1.81. The molecule has 7 nitrogen and oxygen atoms in total. The maximum absolute atomic E-state index is 4.55. The molecule has 0 amide bonds. The standard InChI is InChI=1S/C15H19N7/c1-9(7-12-8-16-5-6-17-12)18-14-13-10(2)21-22(4)15(13)20-11(3)19-14/h5-6,8-9H,7H2,1-4H3,(H,18,19,20)/t9-/m1/s1. The van der Waals surface area contributed by atoms with Gasteiger partial charge in [-0.3, -0.25) is 14.6 Å². The summed E-state index contributed by atoms with van der Waals surface area (Å²) in [7, 11) is 1.90. The number of fused-ring (bicyclic) bond motifs is 1. The van der Waals surface area contributed by atoms with E-state index in [2.05, 4.69) is 37.3 Å². The van der Waals surface area contributed by atoms with Crippen molar-refractivity contribution in [3.8, 4) is 0 Å². The van der Waals surface area contributed by atoms with Crippen LogP contribution in [0, 0.1) is 13.8 Å². The van der Waals surface area contributed by atoms with Gasteiger partial charge in [0.05, 0.1) is 16.8 Å². The molecular formula is C15H19N7. The van der Waals surface area contributed by atoms with E-state index in [1.54, 1.807) is 23.3 Å². The highest BCUT2D eigenvalue weighted by atomic mass is 15.3. The van der Waals surface area contributed by atoms with Crippen LogP contribution < -0.4 is 5.32 Å². The van der Waals surface area contributed by atoms with E-state index in [9.17, 15) is 0 Å². The van der Waals surface area contributed by atoms with E-state index in [4.69, 9.17) is 0 Å². The van der Waals surface area contributed by atoms with Crippen LogP contribution in [0.4, 0.5) is 5.82 Å². The van der Waals surface area contributed by atoms with Gasteiger partial charge in [-0.2, -0.15) is 5.10 Å². The summed E-state index contributed by atoms with van der Waals surface area (Å²) in [5.74, 6) is 1.55. The lowest BCUT2D eigenvalue weighted by Gasteiger charge is -2.15. The van der Waals surface area contributed by atoms with Gasteiger partial charge in [0.15, 0.2) is 5.65 Å². The highest BCUT2D eigenvalue weighted by Crippen LogP contribution is 2.24. The quantitative estimate of drug-likeness (QED) is 0.791. The second-order valence-electron chi connectivity index (χ2n) is 5.47. The monoisotopic (exact) mass is 297 g/mol. The Morgan fingerprint density at radius 2 is 2.05 bits per heavy atom. The molecule has 22 heavy (non-hydrogen) atoms. The zero-order valence-corrected chi connectivity index (χ0v) is 13.2. The number of hydrogen-bond donors (Lipinski definition) is 1. The van der Waals surface area contributed by atoms with Crippen LogP contribution in [0.5, 0.6) is 0 Å². The van der Waals surface area contributed by atoms with Gasteiger partial charge < -0.3 is 5.32 Å². The number of rotatable bonds is 4. The number of aromatic nitrogens is 6. The van der Waals surface area contributed by atoms with Crippen LogP contribution >= 0.6 is 0 Å². The number of anilines is 1. The maximum atomic E-state index is 4.55. The average Bonchev–Trinajstić information content (AvgIpc) is 2.74. The van der Waals surface area contributed by atoms with Crippen LogP contribution in [-0.2, 0) is 13.5 Å². The first-order valence-electron chi connectivity index (χ1n) is 7.24. The molecule has 0 aliphatic rings. The molecule has 0 bridgehead atoms. The lowest BCUT2D eigenvalue weighted by atomic mass is 10.2. The summed E-state index contributed by atoms with van der Waals surface area (Å²) in [6.07, 6.45) is 5.95. The zero-order chi connectivity index (χ0) is 15.7. The van der Waals surface area contributed by atoms with Gasteiger partial charge in [-0.25, -0.2) is 9.97 Å². The van der Waals surface area contributed by atoms with Gasteiger partial charge in [0.2, 0.25) is 0 Å². The molecule has 3 heterocycles. The Balaban J connectivity index is 1.90. The molecule has 1 atom stereocenters. The number of aryl methyl sites for hydroxylation is 3. The van der Waals surface area contributed by atoms with Gasteiger partial charge in [0.25, 0.3) is 0 Å². The molecule has 3 aromatic heterocycles. The number of hydrogen-bond acceptors (Lipinski definition) is 6. The first-order chi connectivity index (χ1) is 10.5. The first-order valence-corrected chi connectivity index (χ1v) is 7.24. The lowest BCUT2D eigenvalue weighted by molar-refractivity contribution is 0.758. The van der Waals surface area contributed by atoms with Crippen LogP contribution in [0.25, 0.3) is 11.0 Å². The minimum atomic E-state index is 0.175. The van der Waals surface area contributed by atoms with Gasteiger partial charge in [-0.05, 0) is 20.8 Å². The minimum Gasteiger partial charge on any atom is -0.366 e. The molecular weight excluding hydrogens is 278 g/mol. The van der Waals surface area contributed by atoms with E-state index in [1.165, 1.54) is 0 Å². The fourth-order valence-corrected chi connectivity index (χ4v) is 2.59. The Kier molecular flexibility index (Phi) is 3.70. The molecule has 3 aromatic rings. The molecule has 0 fully saturated rings. The van der Waals surface area contributed by atoms with Gasteiger partial charge in [0.1, 0.15) is 11.6 Å². The summed E-state index contributed by atoms with van der Waals surface area (Å²) < 4.78 is 1.79. The van der Waals surface area contributed by atoms with Crippen molar-refractivity contribution in [3.63, 3.8) is 0 Å². The van der Waals surface area contributed by atoms with Crippen molar-refractivity contribution in [3.05, 3.63) is 35.8 Å². The Hall–Kier alpha value is -2.57. The summed E-state index contributed by atoms with van der Waals surface area (Å²) in [4.78, 5) is 17.4. The molecule has 0 aliphatic heterocycles. The predicted molar refractivity (Wildman–Crippen MR) is 84.6 cm³/mol. The molecule has 0 radical (unpaired) electrons. The largest absolute Gasteiger partial charge is 0.366 e. The normalized spacial score (nSPS) is 12.5. The van der Waals surface area contributed by atoms with E-state index in [-0.39, 0.29) is 6.04 Å². The van der Waals surface area contributed by atoms with Gasteiger partial charge in [0, 0.05) is 38.1 Å². The van der Waals surface area contributed by atoms with Crippen molar-refractivity contribution in [2.45, 2.75) is 33.2 Å². The molecule has 0 unspecified atom stereocenters. The van der Waals surface area contributed by atoms with Gasteiger partial charge in [-0.1, -0.05) is 0 Å². The molecule has 3 rings (SSSR count). The third kappa shape index (κ3) is 2.74. The van der Waals surface area contributed by atoms with Crippen LogP contribution in [-0.4, -0.2) is 35.8 Å². The Morgan fingerprint density at radius 3 is 2.77 bits per heavy atom. The molecule has 1 N–H and O–H groups in total. The highest BCUT2D eigenvalue weighted by molar-refractivity contribution is 5.89. The maximum Gasteiger partial charge on any atom is 0.163 e. The Bertz CT molecular complexity index is 795. The van der Waals surface area contributed by atoms with Gasteiger partial charge in [-0.15, -0.1) is 0 Å². The van der Waals surface area contributed by atoms with E-state index in [0.717, 1.165) is 40.5 Å².